The Bertz CT molecular complexity index is 1370. The Morgan fingerprint density at radius 3 is 2.47 bits per heavy atom. The van der Waals surface area contributed by atoms with Gasteiger partial charge in [-0.1, -0.05) is 23.8 Å². The molecule has 2 amide bonds. The van der Waals surface area contributed by atoms with E-state index in [4.69, 9.17) is 4.42 Å². The smallest absolute Gasteiger partial charge is 0.255 e. The third kappa shape index (κ3) is 4.48. The van der Waals surface area contributed by atoms with E-state index in [1.165, 1.54) is 18.2 Å². The molecule has 4 aromatic rings. The fourth-order valence-corrected chi connectivity index (χ4v) is 4.16. The van der Waals surface area contributed by atoms with Crippen LogP contribution in [0, 0.1) is 12.7 Å². The average Bonchev–Trinajstić information content (AvgIpc) is 3.27. The zero-order valence-corrected chi connectivity index (χ0v) is 18.7. The first-order valence-electron chi connectivity index (χ1n) is 11.1. The lowest BCUT2D eigenvalue weighted by Gasteiger charge is -2.26. The van der Waals surface area contributed by atoms with Crippen molar-refractivity contribution in [3.63, 3.8) is 0 Å². The van der Waals surface area contributed by atoms with Crippen LogP contribution in [0.4, 0.5) is 10.1 Å². The van der Waals surface area contributed by atoms with E-state index in [9.17, 15) is 14.0 Å². The molecule has 34 heavy (non-hydrogen) atoms. The maximum absolute atomic E-state index is 13.4. The fraction of sp³-hybridized carbons (Fsp3) is 0.143. The molecule has 1 aliphatic rings. The number of anilines is 1. The van der Waals surface area contributed by atoms with Crippen molar-refractivity contribution in [1.29, 1.82) is 0 Å². The van der Waals surface area contributed by atoms with Gasteiger partial charge in [-0.2, -0.15) is 0 Å². The summed E-state index contributed by atoms with van der Waals surface area (Å²) in [7, 11) is 0. The van der Waals surface area contributed by atoms with E-state index in [0.717, 1.165) is 28.2 Å². The van der Waals surface area contributed by atoms with Gasteiger partial charge in [0.05, 0.1) is 0 Å². The van der Waals surface area contributed by atoms with Gasteiger partial charge in [0.2, 0.25) is 0 Å². The first-order valence-corrected chi connectivity index (χ1v) is 11.1. The maximum Gasteiger partial charge on any atom is 0.255 e. The molecular weight excluding hydrogens is 431 g/mol. The van der Waals surface area contributed by atoms with Gasteiger partial charge in [0, 0.05) is 47.5 Å². The van der Waals surface area contributed by atoms with Gasteiger partial charge in [0.1, 0.15) is 17.3 Å². The lowest BCUT2D eigenvalue weighted by molar-refractivity contribution is 0.0729. The number of amides is 2. The molecule has 0 unspecified atom stereocenters. The molecule has 0 radical (unpaired) electrons. The summed E-state index contributed by atoms with van der Waals surface area (Å²) in [5.41, 5.74) is 4.49. The highest BCUT2D eigenvalue weighted by Gasteiger charge is 2.25. The number of carbonyl (C=O) groups is 2. The fourth-order valence-electron chi connectivity index (χ4n) is 4.16. The second kappa shape index (κ2) is 8.98. The Labute approximate surface area is 196 Å². The minimum Gasteiger partial charge on any atom is -0.461 e. The summed E-state index contributed by atoms with van der Waals surface area (Å²) in [4.78, 5) is 27.1. The summed E-state index contributed by atoms with van der Waals surface area (Å²) in [5, 5.41) is 2.77. The number of rotatable bonds is 4. The molecule has 0 saturated carbocycles. The van der Waals surface area contributed by atoms with Crippen molar-refractivity contribution in [3.8, 4) is 11.3 Å². The predicted octanol–water partition coefficient (Wildman–Crippen LogP) is 5.84. The molecule has 5 rings (SSSR count). The highest BCUT2D eigenvalue weighted by molar-refractivity contribution is 6.04. The zero-order chi connectivity index (χ0) is 23.7. The molecule has 0 spiro atoms. The van der Waals surface area contributed by atoms with Gasteiger partial charge in [-0.15, -0.1) is 0 Å². The van der Waals surface area contributed by atoms with E-state index in [1.54, 1.807) is 18.2 Å². The molecule has 0 bridgehead atoms. The number of fused-ring (bicyclic) bond motifs is 1. The van der Waals surface area contributed by atoms with E-state index in [0.29, 0.717) is 30.8 Å². The molecular formula is C28H23FN2O3. The Hall–Kier alpha value is -4.19. The number of hydrogen-bond donors (Lipinski definition) is 1. The first kappa shape index (κ1) is 21.6. The van der Waals surface area contributed by atoms with E-state index in [1.807, 2.05) is 54.3 Å². The number of nitrogens with one attached hydrogen (secondary N) is 1. The summed E-state index contributed by atoms with van der Waals surface area (Å²) < 4.78 is 19.4. The molecule has 0 aliphatic carbocycles. The van der Waals surface area contributed by atoms with Gasteiger partial charge in [-0.05, 0) is 67.6 Å². The molecule has 0 atom stereocenters. The van der Waals surface area contributed by atoms with E-state index in [-0.39, 0.29) is 17.4 Å². The van der Waals surface area contributed by atoms with Crippen LogP contribution in [0.3, 0.4) is 0 Å². The number of halogens is 1. The SMILES string of the molecule is Cc1cccc(C(=O)N2CCc3oc(-c4ccc(NC(=O)c5cccc(F)c5)cc4)cc3C2)c1. The van der Waals surface area contributed by atoms with Gasteiger partial charge < -0.3 is 14.6 Å². The lowest BCUT2D eigenvalue weighted by Crippen LogP contribution is -2.35. The molecule has 170 valence electrons. The third-order valence-corrected chi connectivity index (χ3v) is 5.93. The number of aryl methyl sites for hydroxylation is 1. The van der Waals surface area contributed by atoms with Crippen LogP contribution in [0.15, 0.2) is 83.3 Å². The van der Waals surface area contributed by atoms with Crippen LogP contribution >= 0.6 is 0 Å². The van der Waals surface area contributed by atoms with Crippen molar-refractivity contribution in [2.75, 3.05) is 11.9 Å². The highest BCUT2D eigenvalue weighted by Crippen LogP contribution is 2.31. The van der Waals surface area contributed by atoms with Crippen LogP contribution in [0.5, 0.6) is 0 Å². The van der Waals surface area contributed by atoms with E-state index in [2.05, 4.69) is 5.32 Å². The molecule has 1 aromatic heterocycles. The lowest BCUT2D eigenvalue weighted by atomic mass is 10.1. The van der Waals surface area contributed by atoms with Gasteiger partial charge >= 0.3 is 0 Å². The Balaban J connectivity index is 1.28. The zero-order valence-electron chi connectivity index (χ0n) is 18.7. The average molecular weight is 455 g/mol. The topological polar surface area (TPSA) is 62.6 Å². The molecule has 5 nitrogen and oxygen atoms in total. The molecule has 1 N–H and O–H groups in total. The summed E-state index contributed by atoms with van der Waals surface area (Å²) in [5.74, 6) is 0.808. The van der Waals surface area contributed by atoms with Crippen molar-refractivity contribution in [2.45, 2.75) is 19.9 Å². The van der Waals surface area contributed by atoms with Crippen molar-refractivity contribution >= 4 is 17.5 Å². The van der Waals surface area contributed by atoms with Crippen LogP contribution in [0.2, 0.25) is 0 Å². The minimum absolute atomic E-state index is 0.0236. The van der Waals surface area contributed by atoms with Gasteiger partial charge in [-0.25, -0.2) is 4.39 Å². The molecule has 0 fully saturated rings. The Morgan fingerprint density at radius 2 is 1.71 bits per heavy atom. The number of furan rings is 1. The second-order valence-electron chi connectivity index (χ2n) is 8.45. The number of nitrogens with zero attached hydrogens (tertiary/aromatic N) is 1. The van der Waals surface area contributed by atoms with Crippen molar-refractivity contribution in [3.05, 3.63) is 113 Å². The Morgan fingerprint density at radius 1 is 0.941 bits per heavy atom. The summed E-state index contributed by atoms with van der Waals surface area (Å²) in [6.45, 7) is 3.09. The van der Waals surface area contributed by atoms with Crippen LogP contribution in [0.25, 0.3) is 11.3 Å². The molecule has 6 heteroatoms. The van der Waals surface area contributed by atoms with Crippen molar-refractivity contribution in [1.82, 2.24) is 4.90 Å². The van der Waals surface area contributed by atoms with Gasteiger partial charge in [0.25, 0.3) is 11.8 Å². The van der Waals surface area contributed by atoms with E-state index < -0.39 is 5.82 Å². The van der Waals surface area contributed by atoms with Gasteiger partial charge in [0.15, 0.2) is 0 Å². The monoisotopic (exact) mass is 454 g/mol. The van der Waals surface area contributed by atoms with Gasteiger partial charge in [-0.3, -0.25) is 9.59 Å². The predicted molar refractivity (Wildman–Crippen MR) is 128 cm³/mol. The number of benzene rings is 3. The summed E-state index contributed by atoms with van der Waals surface area (Å²) in [6, 6.07) is 22.5. The maximum atomic E-state index is 13.4. The third-order valence-electron chi connectivity index (χ3n) is 5.93. The highest BCUT2D eigenvalue weighted by atomic mass is 19.1. The van der Waals surface area contributed by atoms with Crippen LogP contribution in [-0.2, 0) is 13.0 Å². The molecule has 1 aliphatic heterocycles. The first-order chi connectivity index (χ1) is 16.5. The summed E-state index contributed by atoms with van der Waals surface area (Å²) >= 11 is 0. The Kier molecular flexibility index (Phi) is 5.72. The quantitative estimate of drug-likeness (QED) is 0.421. The molecule has 3 aromatic carbocycles. The van der Waals surface area contributed by atoms with Crippen molar-refractivity contribution in [2.24, 2.45) is 0 Å². The molecule has 0 saturated heterocycles. The van der Waals surface area contributed by atoms with Crippen LogP contribution < -0.4 is 5.32 Å². The largest absolute Gasteiger partial charge is 0.461 e. The van der Waals surface area contributed by atoms with Crippen LogP contribution in [-0.4, -0.2) is 23.3 Å². The number of hydrogen-bond acceptors (Lipinski definition) is 3. The summed E-state index contributed by atoms with van der Waals surface area (Å²) in [6.07, 6.45) is 0.661. The second-order valence-corrected chi connectivity index (χ2v) is 8.45. The van der Waals surface area contributed by atoms with E-state index >= 15 is 0 Å². The standard InChI is InChI=1S/C28H23FN2O3/c1-18-4-2-6-21(14-18)28(33)31-13-12-25-22(17-31)16-26(34-25)19-8-10-24(11-9-19)30-27(32)20-5-3-7-23(29)15-20/h2-11,14-16H,12-13,17H2,1H3,(H,30,32). The van der Waals surface area contributed by atoms with Crippen molar-refractivity contribution < 1.29 is 18.4 Å². The molecule has 2 heterocycles. The number of carbonyl (C=O) groups excluding carboxylic acids is 2. The normalized spacial score (nSPS) is 12.8. The minimum atomic E-state index is -0.455. The van der Waals surface area contributed by atoms with Crippen LogP contribution in [0.1, 0.15) is 37.6 Å².